The van der Waals surface area contributed by atoms with E-state index in [2.05, 4.69) is 15.4 Å². The molecule has 0 aromatic carbocycles. The van der Waals surface area contributed by atoms with Gasteiger partial charge in [0, 0.05) is 0 Å². The Bertz CT molecular complexity index is 321. The predicted molar refractivity (Wildman–Crippen MR) is 48.7 cm³/mol. The number of carboxylic acid groups (broad SMARTS) is 1. The van der Waals surface area contributed by atoms with E-state index in [0.717, 1.165) is 0 Å². The quantitative estimate of drug-likeness (QED) is 0.762. The normalized spacial score (nSPS) is 13.1. The third-order valence-corrected chi connectivity index (χ3v) is 1.96. The number of aliphatic carboxylic acids is 1. The van der Waals surface area contributed by atoms with Crippen LogP contribution in [-0.4, -0.2) is 31.3 Å². The first-order valence-corrected chi connectivity index (χ1v) is 4.56. The highest BCUT2D eigenvalue weighted by molar-refractivity contribution is 5.75. The van der Waals surface area contributed by atoms with Gasteiger partial charge in [-0.25, -0.2) is 0 Å². The second kappa shape index (κ2) is 4.17. The maximum atomic E-state index is 10.9. The van der Waals surface area contributed by atoms with Crippen LogP contribution >= 0.6 is 0 Å². The molecular weight excluding hydrogens is 184 g/mol. The molecule has 6 heteroatoms. The molecule has 0 spiro atoms. The second-order valence-electron chi connectivity index (χ2n) is 3.40. The molecule has 1 atom stereocenters. The Morgan fingerprint density at radius 2 is 2.21 bits per heavy atom. The van der Waals surface area contributed by atoms with Gasteiger partial charge in [-0.2, -0.15) is 4.80 Å². The van der Waals surface area contributed by atoms with Gasteiger partial charge in [0.05, 0.1) is 6.54 Å². The molecule has 1 N–H and O–H groups in total. The molecule has 0 aliphatic carbocycles. The summed E-state index contributed by atoms with van der Waals surface area (Å²) in [5.41, 5.74) is 0. The van der Waals surface area contributed by atoms with E-state index >= 15 is 0 Å². The van der Waals surface area contributed by atoms with Crippen molar-refractivity contribution >= 4 is 5.97 Å². The van der Waals surface area contributed by atoms with Crippen LogP contribution in [0.15, 0.2) is 0 Å². The zero-order valence-corrected chi connectivity index (χ0v) is 8.51. The van der Waals surface area contributed by atoms with Crippen LogP contribution in [-0.2, 0) is 11.3 Å². The Balaban J connectivity index is 2.93. The number of aryl methyl sites for hydroxylation is 1. The highest BCUT2D eigenvalue weighted by Gasteiger charge is 2.28. The van der Waals surface area contributed by atoms with Crippen LogP contribution in [0.2, 0.25) is 0 Å². The molecule has 1 aromatic heterocycles. The Labute approximate surface area is 81.9 Å². The van der Waals surface area contributed by atoms with Crippen molar-refractivity contribution in [3.05, 3.63) is 5.82 Å². The van der Waals surface area contributed by atoms with Crippen molar-refractivity contribution in [2.75, 3.05) is 0 Å². The van der Waals surface area contributed by atoms with Gasteiger partial charge >= 0.3 is 5.97 Å². The molecule has 78 valence electrons. The molecule has 0 aliphatic heterocycles. The van der Waals surface area contributed by atoms with Crippen LogP contribution in [0.1, 0.15) is 32.5 Å². The van der Waals surface area contributed by atoms with Crippen LogP contribution < -0.4 is 0 Å². The van der Waals surface area contributed by atoms with Crippen LogP contribution in [0, 0.1) is 5.92 Å². The van der Waals surface area contributed by atoms with Gasteiger partial charge in [-0.1, -0.05) is 13.8 Å². The smallest absolute Gasteiger partial charge is 0.314 e. The van der Waals surface area contributed by atoms with E-state index in [1.54, 1.807) is 0 Å². The summed E-state index contributed by atoms with van der Waals surface area (Å²) in [4.78, 5) is 12.3. The van der Waals surface area contributed by atoms with Crippen LogP contribution in [0.25, 0.3) is 0 Å². The highest BCUT2D eigenvalue weighted by atomic mass is 16.4. The summed E-state index contributed by atoms with van der Waals surface area (Å²) < 4.78 is 0. The third kappa shape index (κ3) is 2.07. The zero-order chi connectivity index (χ0) is 10.7. The molecule has 1 unspecified atom stereocenters. The number of tetrazole rings is 1. The second-order valence-corrected chi connectivity index (χ2v) is 3.40. The van der Waals surface area contributed by atoms with Gasteiger partial charge in [0.25, 0.3) is 0 Å². The molecule has 0 amide bonds. The average Bonchev–Trinajstić information content (AvgIpc) is 2.51. The lowest BCUT2D eigenvalue weighted by Gasteiger charge is -2.10. The summed E-state index contributed by atoms with van der Waals surface area (Å²) in [6, 6.07) is 0. The fraction of sp³-hybridized carbons (Fsp3) is 0.750. The van der Waals surface area contributed by atoms with Crippen LogP contribution in [0.4, 0.5) is 0 Å². The number of carbonyl (C=O) groups is 1. The van der Waals surface area contributed by atoms with Crippen molar-refractivity contribution in [3.63, 3.8) is 0 Å². The largest absolute Gasteiger partial charge is 0.481 e. The SMILES string of the molecule is CCn1nnc(C(C(=O)O)C(C)C)n1. The van der Waals surface area contributed by atoms with Gasteiger partial charge < -0.3 is 5.11 Å². The van der Waals surface area contributed by atoms with Crippen LogP contribution in [0.3, 0.4) is 0 Å². The molecule has 0 fully saturated rings. The minimum atomic E-state index is -0.907. The predicted octanol–water partition coefficient (Wildman–Crippen LogP) is 0.517. The molecule has 0 saturated carbocycles. The van der Waals surface area contributed by atoms with E-state index in [4.69, 9.17) is 5.11 Å². The van der Waals surface area contributed by atoms with Crippen LogP contribution in [0.5, 0.6) is 0 Å². The van der Waals surface area contributed by atoms with Gasteiger partial charge in [-0.05, 0) is 18.1 Å². The standard InChI is InChI=1S/C8H14N4O2/c1-4-12-10-7(9-11-12)6(5(2)3)8(13)14/h5-6H,4H2,1-3H3,(H,13,14). The summed E-state index contributed by atoms with van der Waals surface area (Å²) in [5.74, 6) is -1.33. The molecule has 0 radical (unpaired) electrons. The minimum absolute atomic E-state index is 0.0398. The lowest BCUT2D eigenvalue weighted by molar-refractivity contribution is -0.140. The van der Waals surface area contributed by atoms with Crippen molar-refractivity contribution in [3.8, 4) is 0 Å². The average molecular weight is 198 g/mol. The minimum Gasteiger partial charge on any atom is -0.481 e. The zero-order valence-electron chi connectivity index (χ0n) is 8.51. The molecule has 6 nitrogen and oxygen atoms in total. The lowest BCUT2D eigenvalue weighted by Crippen LogP contribution is -2.19. The molecule has 14 heavy (non-hydrogen) atoms. The van der Waals surface area contributed by atoms with Crippen molar-refractivity contribution in [1.29, 1.82) is 0 Å². The third-order valence-electron chi connectivity index (χ3n) is 1.96. The van der Waals surface area contributed by atoms with E-state index in [9.17, 15) is 4.79 Å². The number of rotatable bonds is 4. The number of carboxylic acids is 1. The Hall–Kier alpha value is -1.46. The Kier molecular flexibility index (Phi) is 3.16. The summed E-state index contributed by atoms with van der Waals surface area (Å²) in [5, 5.41) is 20.4. The van der Waals surface area contributed by atoms with E-state index < -0.39 is 11.9 Å². The van der Waals surface area contributed by atoms with E-state index in [1.165, 1.54) is 4.80 Å². The van der Waals surface area contributed by atoms with Crippen molar-refractivity contribution < 1.29 is 9.90 Å². The van der Waals surface area contributed by atoms with E-state index in [1.807, 2.05) is 20.8 Å². The first-order valence-electron chi connectivity index (χ1n) is 4.56. The molecular formula is C8H14N4O2. The molecule has 0 saturated heterocycles. The monoisotopic (exact) mass is 198 g/mol. The topological polar surface area (TPSA) is 80.9 Å². The summed E-state index contributed by atoms with van der Waals surface area (Å²) in [6.45, 7) is 6.12. The van der Waals surface area contributed by atoms with Crippen molar-refractivity contribution in [2.45, 2.75) is 33.2 Å². The van der Waals surface area contributed by atoms with Gasteiger partial charge in [0.2, 0.25) is 0 Å². The van der Waals surface area contributed by atoms with E-state index in [-0.39, 0.29) is 11.7 Å². The number of hydrogen-bond donors (Lipinski definition) is 1. The first-order chi connectivity index (χ1) is 6.56. The fourth-order valence-corrected chi connectivity index (χ4v) is 1.21. The summed E-state index contributed by atoms with van der Waals surface area (Å²) in [6.07, 6.45) is 0. The fourth-order valence-electron chi connectivity index (χ4n) is 1.21. The molecule has 0 aliphatic rings. The lowest BCUT2D eigenvalue weighted by atomic mass is 9.95. The molecule has 1 aromatic rings. The van der Waals surface area contributed by atoms with Crippen molar-refractivity contribution in [2.24, 2.45) is 5.92 Å². The molecule has 1 rings (SSSR count). The Morgan fingerprint density at radius 3 is 2.57 bits per heavy atom. The first kappa shape index (κ1) is 10.6. The molecule has 0 bridgehead atoms. The Morgan fingerprint density at radius 1 is 1.57 bits per heavy atom. The van der Waals surface area contributed by atoms with Gasteiger partial charge in [-0.3, -0.25) is 4.79 Å². The number of hydrogen-bond acceptors (Lipinski definition) is 4. The van der Waals surface area contributed by atoms with Gasteiger partial charge in [-0.15, -0.1) is 10.2 Å². The number of aromatic nitrogens is 4. The van der Waals surface area contributed by atoms with Gasteiger partial charge in [0.1, 0.15) is 5.92 Å². The van der Waals surface area contributed by atoms with Crippen molar-refractivity contribution in [1.82, 2.24) is 20.2 Å². The summed E-state index contributed by atoms with van der Waals surface area (Å²) in [7, 11) is 0. The number of nitrogens with zero attached hydrogens (tertiary/aromatic N) is 4. The van der Waals surface area contributed by atoms with E-state index in [0.29, 0.717) is 6.54 Å². The highest BCUT2D eigenvalue weighted by Crippen LogP contribution is 2.20. The maximum Gasteiger partial charge on any atom is 0.314 e. The summed E-state index contributed by atoms with van der Waals surface area (Å²) >= 11 is 0. The maximum absolute atomic E-state index is 10.9. The van der Waals surface area contributed by atoms with Gasteiger partial charge in [0.15, 0.2) is 5.82 Å². The molecule has 1 heterocycles.